The summed E-state index contributed by atoms with van der Waals surface area (Å²) in [5.41, 5.74) is 1.08. The van der Waals surface area contributed by atoms with Crippen LogP contribution >= 0.6 is 24.0 Å². The number of alkyl halides is 3. The van der Waals surface area contributed by atoms with E-state index < -0.39 is 12.1 Å². The van der Waals surface area contributed by atoms with E-state index in [2.05, 4.69) is 25.6 Å². The van der Waals surface area contributed by atoms with Crippen LogP contribution in [0.1, 0.15) is 44.2 Å². The Labute approximate surface area is 182 Å². The number of guanidine groups is 1. The number of aromatic nitrogens is 2. The van der Waals surface area contributed by atoms with Gasteiger partial charge in [-0.15, -0.1) is 24.0 Å². The maximum atomic E-state index is 12.8. The van der Waals surface area contributed by atoms with Crippen LogP contribution < -0.4 is 10.6 Å². The van der Waals surface area contributed by atoms with E-state index in [4.69, 9.17) is 0 Å². The first kappa shape index (κ1) is 25.0. The predicted octanol–water partition coefficient (Wildman–Crippen LogP) is 3.32. The number of hydrogen-bond donors (Lipinski definition) is 2. The van der Waals surface area contributed by atoms with Gasteiger partial charge in [-0.25, -0.2) is 0 Å². The van der Waals surface area contributed by atoms with Crippen LogP contribution in [0.15, 0.2) is 17.4 Å². The van der Waals surface area contributed by atoms with E-state index >= 15 is 0 Å². The molecule has 0 spiro atoms. The molecule has 1 aliphatic carbocycles. The SMILES string of the molecule is CCNC(=NCC(c1cnn(C)c1)N(C)C)NC1CCC(C(F)(F)F)CC1.I. The molecule has 1 aliphatic rings. The molecule has 28 heavy (non-hydrogen) atoms. The van der Waals surface area contributed by atoms with Crippen molar-refractivity contribution in [1.29, 1.82) is 0 Å². The Morgan fingerprint density at radius 2 is 1.96 bits per heavy atom. The number of halogens is 4. The summed E-state index contributed by atoms with van der Waals surface area (Å²) in [6.07, 6.45) is 1.10. The van der Waals surface area contributed by atoms with Gasteiger partial charge in [-0.05, 0) is 46.7 Å². The van der Waals surface area contributed by atoms with Gasteiger partial charge in [0, 0.05) is 31.4 Å². The van der Waals surface area contributed by atoms with E-state index in [0.717, 1.165) is 5.56 Å². The minimum Gasteiger partial charge on any atom is -0.357 e. The molecule has 0 bridgehead atoms. The molecule has 10 heteroatoms. The second kappa shape index (κ2) is 11.2. The normalized spacial score (nSPS) is 21.9. The average molecular weight is 516 g/mol. The van der Waals surface area contributed by atoms with Gasteiger partial charge in [0.25, 0.3) is 0 Å². The molecule has 162 valence electrons. The van der Waals surface area contributed by atoms with Crippen molar-refractivity contribution in [1.82, 2.24) is 25.3 Å². The predicted molar refractivity (Wildman–Crippen MR) is 116 cm³/mol. The number of aryl methyl sites for hydroxylation is 1. The number of nitrogens with zero attached hydrogens (tertiary/aromatic N) is 4. The highest BCUT2D eigenvalue weighted by Crippen LogP contribution is 2.37. The molecule has 2 N–H and O–H groups in total. The van der Waals surface area contributed by atoms with Crippen molar-refractivity contribution in [2.75, 3.05) is 27.2 Å². The molecule has 0 aromatic carbocycles. The summed E-state index contributed by atoms with van der Waals surface area (Å²) in [7, 11) is 5.86. The molecule has 1 heterocycles. The van der Waals surface area contributed by atoms with E-state index in [1.54, 1.807) is 4.68 Å². The highest BCUT2D eigenvalue weighted by molar-refractivity contribution is 14.0. The van der Waals surface area contributed by atoms with Crippen molar-refractivity contribution in [2.45, 2.75) is 50.9 Å². The Hall–Kier alpha value is -1.04. The van der Waals surface area contributed by atoms with E-state index in [1.807, 2.05) is 40.5 Å². The molecule has 1 aromatic rings. The lowest BCUT2D eigenvalue weighted by Crippen LogP contribution is -2.46. The lowest BCUT2D eigenvalue weighted by molar-refractivity contribution is -0.182. The van der Waals surface area contributed by atoms with Gasteiger partial charge in [-0.1, -0.05) is 0 Å². The average Bonchev–Trinajstić information content (AvgIpc) is 3.00. The minimum absolute atomic E-state index is 0. The third kappa shape index (κ3) is 7.41. The number of hydrogen-bond acceptors (Lipinski definition) is 3. The van der Waals surface area contributed by atoms with E-state index in [-0.39, 0.29) is 48.9 Å². The zero-order valence-corrected chi connectivity index (χ0v) is 19.3. The Kier molecular flexibility index (Phi) is 10.0. The maximum Gasteiger partial charge on any atom is 0.391 e. The molecule has 1 fully saturated rings. The van der Waals surface area contributed by atoms with Crippen LogP contribution in [0.4, 0.5) is 13.2 Å². The number of likely N-dealkylation sites (N-methyl/N-ethyl adjacent to an activating group) is 1. The van der Waals surface area contributed by atoms with Gasteiger partial charge in [0.1, 0.15) is 0 Å². The van der Waals surface area contributed by atoms with Crippen LogP contribution in [0.5, 0.6) is 0 Å². The molecule has 2 rings (SSSR count). The quantitative estimate of drug-likeness (QED) is 0.346. The molecule has 1 atom stereocenters. The van der Waals surface area contributed by atoms with Crippen molar-refractivity contribution in [3.8, 4) is 0 Å². The largest absolute Gasteiger partial charge is 0.391 e. The van der Waals surface area contributed by atoms with Gasteiger partial charge < -0.3 is 15.5 Å². The lowest BCUT2D eigenvalue weighted by atomic mass is 9.85. The zero-order chi connectivity index (χ0) is 20.0. The van der Waals surface area contributed by atoms with Crippen molar-refractivity contribution in [3.63, 3.8) is 0 Å². The summed E-state index contributed by atoms with van der Waals surface area (Å²) in [4.78, 5) is 6.76. The molecule has 6 nitrogen and oxygen atoms in total. The smallest absolute Gasteiger partial charge is 0.357 e. The monoisotopic (exact) mass is 516 g/mol. The first-order valence-electron chi connectivity index (χ1n) is 9.47. The Morgan fingerprint density at radius 1 is 1.32 bits per heavy atom. The van der Waals surface area contributed by atoms with Crippen LogP contribution in [-0.2, 0) is 7.05 Å². The Bertz CT molecular complexity index is 609. The molecule has 1 aromatic heterocycles. The topological polar surface area (TPSA) is 57.5 Å². The second-order valence-electron chi connectivity index (χ2n) is 7.38. The van der Waals surface area contributed by atoms with Crippen LogP contribution in [0.2, 0.25) is 0 Å². The van der Waals surface area contributed by atoms with Gasteiger partial charge in [-0.2, -0.15) is 18.3 Å². The molecule has 0 amide bonds. The summed E-state index contributed by atoms with van der Waals surface area (Å²) in [5, 5.41) is 10.7. The summed E-state index contributed by atoms with van der Waals surface area (Å²) in [5.74, 6) is -0.512. The van der Waals surface area contributed by atoms with Gasteiger partial charge in [-0.3, -0.25) is 9.67 Å². The highest BCUT2D eigenvalue weighted by Gasteiger charge is 2.41. The third-order valence-electron chi connectivity index (χ3n) is 5.03. The first-order chi connectivity index (χ1) is 12.7. The fourth-order valence-electron chi connectivity index (χ4n) is 3.44. The van der Waals surface area contributed by atoms with Crippen molar-refractivity contribution in [3.05, 3.63) is 18.0 Å². The zero-order valence-electron chi connectivity index (χ0n) is 17.0. The van der Waals surface area contributed by atoms with E-state index in [9.17, 15) is 13.2 Å². The second-order valence-corrected chi connectivity index (χ2v) is 7.38. The lowest BCUT2D eigenvalue weighted by Gasteiger charge is -2.31. The molecule has 0 aliphatic heterocycles. The molecular weight excluding hydrogens is 484 g/mol. The maximum absolute atomic E-state index is 12.8. The molecular formula is C18H32F3IN6. The fraction of sp³-hybridized carbons (Fsp3) is 0.778. The summed E-state index contributed by atoms with van der Waals surface area (Å²) in [6, 6.07) is 0.104. The Balaban J connectivity index is 0.00000392. The van der Waals surface area contributed by atoms with E-state index in [0.29, 0.717) is 31.9 Å². The van der Waals surface area contributed by atoms with Gasteiger partial charge >= 0.3 is 6.18 Å². The van der Waals surface area contributed by atoms with Crippen LogP contribution in [0.25, 0.3) is 0 Å². The molecule has 1 unspecified atom stereocenters. The third-order valence-corrected chi connectivity index (χ3v) is 5.03. The van der Waals surface area contributed by atoms with Gasteiger partial charge in [0.15, 0.2) is 5.96 Å². The molecule has 0 saturated heterocycles. The summed E-state index contributed by atoms with van der Waals surface area (Å²) in [6.45, 7) is 3.21. The number of nitrogens with one attached hydrogen (secondary N) is 2. The number of aliphatic imine (C=N–C) groups is 1. The van der Waals surface area contributed by atoms with Crippen LogP contribution in [0.3, 0.4) is 0 Å². The van der Waals surface area contributed by atoms with Crippen LogP contribution in [0, 0.1) is 5.92 Å². The fourth-order valence-corrected chi connectivity index (χ4v) is 3.44. The van der Waals surface area contributed by atoms with Crippen molar-refractivity contribution < 1.29 is 13.2 Å². The Morgan fingerprint density at radius 3 is 2.43 bits per heavy atom. The van der Waals surface area contributed by atoms with Gasteiger partial charge in [0.05, 0.1) is 24.7 Å². The number of rotatable bonds is 6. The first-order valence-corrected chi connectivity index (χ1v) is 9.47. The summed E-state index contributed by atoms with van der Waals surface area (Å²) >= 11 is 0. The van der Waals surface area contributed by atoms with Crippen molar-refractivity contribution >= 4 is 29.9 Å². The van der Waals surface area contributed by atoms with Gasteiger partial charge in [0.2, 0.25) is 0 Å². The minimum atomic E-state index is -4.08. The highest BCUT2D eigenvalue weighted by atomic mass is 127. The van der Waals surface area contributed by atoms with Crippen molar-refractivity contribution in [2.24, 2.45) is 18.0 Å². The van der Waals surface area contributed by atoms with Crippen LogP contribution in [-0.4, -0.2) is 60.0 Å². The summed E-state index contributed by atoms with van der Waals surface area (Å²) < 4.78 is 40.3. The van der Waals surface area contributed by atoms with E-state index in [1.165, 1.54) is 0 Å². The molecule has 0 radical (unpaired) electrons. The molecule has 1 saturated carbocycles. The standard InChI is InChI=1S/C18H31F3N6.HI/c1-5-22-17(25-15-8-6-14(7-9-15)18(19,20)21)23-11-16(26(2)3)13-10-24-27(4)12-13;/h10,12,14-16H,5-9,11H2,1-4H3,(H2,22,23,25);1H.